The van der Waals surface area contributed by atoms with Gasteiger partial charge in [-0.15, -0.1) is 10.2 Å². The lowest BCUT2D eigenvalue weighted by molar-refractivity contribution is -0.117. The third-order valence-corrected chi connectivity index (χ3v) is 8.95. The molecule has 2 aromatic heterocycles. The van der Waals surface area contributed by atoms with Crippen LogP contribution in [0.4, 0.5) is 5.69 Å². The quantitative estimate of drug-likeness (QED) is 0.263. The molecule has 0 saturated carbocycles. The molecule has 0 aliphatic carbocycles. The average molecular weight is 499 g/mol. The number of aromatic nitrogens is 3. The first-order valence-electron chi connectivity index (χ1n) is 11.7. The Morgan fingerprint density at radius 2 is 1.66 bits per heavy atom. The van der Waals surface area contributed by atoms with Gasteiger partial charge in [0.05, 0.1) is 16.0 Å². The molecule has 0 bridgehead atoms. The number of rotatable bonds is 4. The third kappa shape index (κ3) is 3.56. The highest BCUT2D eigenvalue weighted by atomic mass is 32.2. The molecule has 7 heteroatoms. The lowest BCUT2D eigenvalue weighted by Gasteiger charge is -2.51. The SMILES string of the molecule is CC1(c2ccccc2)CC(C)(C)N(C(=O)CSc2nnc3sc4ccccc4n23)c2ccccc21. The Bertz CT molecular complexity index is 1560. The molecule has 3 heterocycles. The Kier molecular flexibility index (Phi) is 5.23. The van der Waals surface area contributed by atoms with E-state index in [1.807, 2.05) is 23.1 Å². The number of fused-ring (bicyclic) bond motifs is 4. The minimum Gasteiger partial charge on any atom is -0.306 e. The number of para-hydroxylation sites is 2. The number of nitrogens with zero attached hydrogens (tertiary/aromatic N) is 4. The number of thioether (sulfide) groups is 1. The minimum absolute atomic E-state index is 0.0823. The van der Waals surface area contributed by atoms with Crippen LogP contribution in [0.2, 0.25) is 0 Å². The van der Waals surface area contributed by atoms with E-state index in [1.54, 1.807) is 11.3 Å². The first-order valence-corrected chi connectivity index (χ1v) is 13.5. The normalized spacial score (nSPS) is 19.2. The van der Waals surface area contributed by atoms with Gasteiger partial charge in [0.25, 0.3) is 0 Å². The fraction of sp³-hybridized carbons (Fsp3) is 0.250. The van der Waals surface area contributed by atoms with Gasteiger partial charge in [0.1, 0.15) is 0 Å². The summed E-state index contributed by atoms with van der Waals surface area (Å²) in [6.07, 6.45) is 0.835. The molecule has 176 valence electrons. The van der Waals surface area contributed by atoms with Gasteiger partial charge >= 0.3 is 0 Å². The molecule has 0 radical (unpaired) electrons. The van der Waals surface area contributed by atoms with E-state index < -0.39 is 0 Å². The van der Waals surface area contributed by atoms with Gasteiger partial charge in [0.15, 0.2) is 5.16 Å². The summed E-state index contributed by atoms with van der Waals surface area (Å²) in [7, 11) is 0. The molecular formula is C28H26N4OS2. The summed E-state index contributed by atoms with van der Waals surface area (Å²) in [5.41, 5.74) is 4.00. The zero-order valence-electron chi connectivity index (χ0n) is 19.9. The Hall–Kier alpha value is -3.16. The van der Waals surface area contributed by atoms with Crippen molar-refractivity contribution >= 4 is 49.9 Å². The standard InChI is InChI=1S/C28H26N4OS2/c1-27(2)18-28(3,19-11-5-4-6-12-19)20-13-7-8-14-21(20)32(27)24(33)17-34-25-29-30-26-31(25)22-15-9-10-16-23(22)35-26/h4-16H,17-18H2,1-3H3. The molecule has 0 spiro atoms. The molecule has 0 saturated heterocycles. The van der Waals surface area contributed by atoms with E-state index in [9.17, 15) is 4.79 Å². The molecule has 1 unspecified atom stereocenters. The van der Waals surface area contributed by atoms with Gasteiger partial charge in [-0.1, -0.05) is 90.7 Å². The van der Waals surface area contributed by atoms with Gasteiger partial charge in [0, 0.05) is 16.6 Å². The maximum absolute atomic E-state index is 13.8. The fourth-order valence-electron chi connectivity index (χ4n) is 5.68. The van der Waals surface area contributed by atoms with Crippen LogP contribution in [0.3, 0.4) is 0 Å². The van der Waals surface area contributed by atoms with Crippen molar-refractivity contribution in [2.45, 2.75) is 43.3 Å². The van der Waals surface area contributed by atoms with Crippen LogP contribution in [-0.4, -0.2) is 31.8 Å². The molecular weight excluding hydrogens is 472 g/mol. The van der Waals surface area contributed by atoms with Gasteiger partial charge in [-0.2, -0.15) is 0 Å². The first kappa shape index (κ1) is 22.3. The number of amides is 1. The van der Waals surface area contributed by atoms with Crippen molar-refractivity contribution in [2.24, 2.45) is 0 Å². The number of carbonyl (C=O) groups is 1. The molecule has 3 aromatic carbocycles. The first-order chi connectivity index (χ1) is 16.9. The Labute approximate surface area is 212 Å². The summed E-state index contributed by atoms with van der Waals surface area (Å²) in [5.74, 6) is 0.379. The van der Waals surface area contributed by atoms with Crippen LogP contribution >= 0.6 is 23.1 Å². The van der Waals surface area contributed by atoms with Gasteiger partial charge in [-0.05, 0) is 49.6 Å². The summed E-state index contributed by atoms with van der Waals surface area (Å²) in [4.78, 5) is 16.7. The smallest absolute Gasteiger partial charge is 0.237 e. The number of thiazole rings is 1. The van der Waals surface area contributed by atoms with E-state index in [0.717, 1.165) is 32.4 Å². The summed E-state index contributed by atoms with van der Waals surface area (Å²) >= 11 is 3.07. The van der Waals surface area contributed by atoms with Crippen molar-refractivity contribution in [3.05, 3.63) is 90.0 Å². The highest BCUT2D eigenvalue weighted by molar-refractivity contribution is 7.99. The summed E-state index contributed by atoms with van der Waals surface area (Å²) in [6, 6.07) is 27.2. The molecule has 1 atom stereocenters. The van der Waals surface area contributed by atoms with Gasteiger partial charge in [-0.25, -0.2) is 0 Å². The largest absolute Gasteiger partial charge is 0.306 e. The van der Waals surface area contributed by atoms with Crippen LogP contribution in [0, 0.1) is 0 Å². The van der Waals surface area contributed by atoms with E-state index in [2.05, 4.69) is 96.0 Å². The zero-order valence-corrected chi connectivity index (χ0v) is 21.6. The van der Waals surface area contributed by atoms with Crippen LogP contribution in [0.1, 0.15) is 38.3 Å². The van der Waals surface area contributed by atoms with E-state index in [1.165, 1.54) is 22.9 Å². The Balaban J connectivity index is 1.34. The van der Waals surface area contributed by atoms with Crippen molar-refractivity contribution in [3.8, 4) is 0 Å². The number of hydrogen-bond acceptors (Lipinski definition) is 5. The fourth-order valence-corrected chi connectivity index (χ4v) is 7.49. The number of hydrogen-bond donors (Lipinski definition) is 0. The van der Waals surface area contributed by atoms with Crippen molar-refractivity contribution in [1.29, 1.82) is 0 Å². The Morgan fingerprint density at radius 3 is 2.49 bits per heavy atom. The molecule has 1 aliphatic rings. The third-order valence-electron chi connectivity index (χ3n) is 7.03. The molecule has 1 aliphatic heterocycles. The van der Waals surface area contributed by atoms with Gasteiger partial charge in [0.2, 0.25) is 10.9 Å². The Morgan fingerprint density at radius 1 is 0.943 bits per heavy atom. The molecule has 5 nitrogen and oxygen atoms in total. The van der Waals surface area contributed by atoms with E-state index >= 15 is 0 Å². The predicted octanol–water partition coefficient (Wildman–Crippen LogP) is 6.56. The molecule has 0 fully saturated rings. The monoisotopic (exact) mass is 498 g/mol. The van der Waals surface area contributed by atoms with E-state index in [-0.39, 0.29) is 16.9 Å². The van der Waals surface area contributed by atoms with Crippen LogP contribution in [0.5, 0.6) is 0 Å². The molecule has 6 rings (SSSR count). The second-order valence-electron chi connectivity index (χ2n) is 9.89. The minimum atomic E-state index is -0.355. The van der Waals surface area contributed by atoms with Crippen molar-refractivity contribution in [3.63, 3.8) is 0 Å². The van der Waals surface area contributed by atoms with Crippen LogP contribution < -0.4 is 4.90 Å². The molecule has 5 aromatic rings. The average Bonchev–Trinajstić information content (AvgIpc) is 3.42. The summed E-state index contributed by atoms with van der Waals surface area (Å²) < 4.78 is 3.22. The van der Waals surface area contributed by atoms with Crippen molar-refractivity contribution in [2.75, 3.05) is 10.7 Å². The molecule has 1 amide bonds. The van der Waals surface area contributed by atoms with Crippen LogP contribution in [0.15, 0.2) is 84.0 Å². The number of anilines is 1. The topological polar surface area (TPSA) is 50.5 Å². The van der Waals surface area contributed by atoms with E-state index in [0.29, 0.717) is 5.75 Å². The van der Waals surface area contributed by atoms with Crippen molar-refractivity contribution in [1.82, 2.24) is 14.6 Å². The second-order valence-corrected chi connectivity index (χ2v) is 11.8. The molecule has 0 N–H and O–H groups in total. The lowest BCUT2D eigenvalue weighted by atomic mass is 9.65. The number of benzene rings is 3. The van der Waals surface area contributed by atoms with Gasteiger partial charge in [-0.3, -0.25) is 9.20 Å². The van der Waals surface area contributed by atoms with Crippen LogP contribution in [0.25, 0.3) is 15.2 Å². The van der Waals surface area contributed by atoms with Crippen molar-refractivity contribution < 1.29 is 4.79 Å². The van der Waals surface area contributed by atoms with E-state index in [4.69, 9.17) is 0 Å². The molecule has 35 heavy (non-hydrogen) atoms. The second kappa shape index (κ2) is 8.21. The highest BCUT2D eigenvalue weighted by Gasteiger charge is 2.47. The van der Waals surface area contributed by atoms with Gasteiger partial charge < -0.3 is 4.90 Å². The maximum Gasteiger partial charge on any atom is 0.237 e. The highest BCUT2D eigenvalue weighted by Crippen LogP contribution is 2.50. The van der Waals surface area contributed by atoms with Crippen LogP contribution in [-0.2, 0) is 10.2 Å². The number of carbonyl (C=O) groups excluding carboxylic acids is 1. The summed E-state index contributed by atoms with van der Waals surface area (Å²) in [6.45, 7) is 6.65. The zero-order chi connectivity index (χ0) is 24.2. The lowest BCUT2D eigenvalue weighted by Crippen LogP contribution is -2.56. The summed E-state index contributed by atoms with van der Waals surface area (Å²) in [5, 5.41) is 9.48. The maximum atomic E-state index is 13.8. The predicted molar refractivity (Wildman–Crippen MR) is 145 cm³/mol.